The van der Waals surface area contributed by atoms with Crippen LogP contribution in [0.5, 0.6) is 0 Å². The van der Waals surface area contributed by atoms with Crippen LogP contribution in [0.2, 0.25) is 0 Å². The molecule has 0 N–H and O–H groups in total. The van der Waals surface area contributed by atoms with Crippen molar-refractivity contribution in [2.75, 3.05) is 53.1 Å². The summed E-state index contributed by atoms with van der Waals surface area (Å²) < 4.78 is 10.7. The largest absolute Gasteiger partial charge is 0.381 e. The Hall–Kier alpha value is -1.14. The zero-order chi connectivity index (χ0) is 15.5. The molecule has 0 saturated carbocycles. The molecule has 3 fully saturated rings. The van der Waals surface area contributed by atoms with Gasteiger partial charge < -0.3 is 19.3 Å². The highest BCUT2D eigenvalue weighted by Crippen LogP contribution is 2.36. The Balaban J connectivity index is 1.58. The number of methoxy groups -OCH3 is 1. The average molecular weight is 310 g/mol. The third kappa shape index (κ3) is 3.27. The van der Waals surface area contributed by atoms with E-state index in [-0.39, 0.29) is 24.3 Å². The molecule has 0 unspecified atom stereocenters. The fraction of sp³-hybridized carbons (Fsp3) is 0.875. The first-order valence-electron chi connectivity index (χ1n) is 8.31. The van der Waals surface area contributed by atoms with Crippen molar-refractivity contribution < 1.29 is 19.1 Å². The molecule has 0 aromatic rings. The van der Waals surface area contributed by atoms with Crippen LogP contribution in [0.1, 0.15) is 19.3 Å². The van der Waals surface area contributed by atoms with E-state index >= 15 is 0 Å². The third-order valence-corrected chi connectivity index (χ3v) is 5.28. The molecular weight excluding hydrogens is 284 g/mol. The van der Waals surface area contributed by atoms with Gasteiger partial charge in [0.05, 0.1) is 13.2 Å². The average Bonchev–Trinajstić information content (AvgIpc) is 3.17. The highest BCUT2D eigenvalue weighted by molar-refractivity contribution is 5.78. The van der Waals surface area contributed by atoms with E-state index in [4.69, 9.17) is 9.47 Å². The second kappa shape index (κ2) is 6.96. The lowest BCUT2D eigenvalue weighted by Crippen LogP contribution is -2.39. The summed E-state index contributed by atoms with van der Waals surface area (Å²) in [5, 5.41) is 0. The molecule has 3 atom stereocenters. The minimum atomic E-state index is 0.0431. The Kier molecular flexibility index (Phi) is 4.98. The van der Waals surface area contributed by atoms with Crippen molar-refractivity contribution in [3.05, 3.63) is 0 Å². The molecule has 0 aliphatic carbocycles. The van der Waals surface area contributed by atoms with Crippen LogP contribution < -0.4 is 0 Å². The van der Waals surface area contributed by atoms with Gasteiger partial charge in [0, 0.05) is 45.6 Å². The second-order valence-electron chi connectivity index (χ2n) is 6.75. The molecule has 0 radical (unpaired) electrons. The predicted molar refractivity (Wildman–Crippen MR) is 80.2 cm³/mol. The summed E-state index contributed by atoms with van der Waals surface area (Å²) in [6.07, 6.45) is 2.81. The molecule has 124 valence electrons. The maximum absolute atomic E-state index is 12.4. The summed E-state index contributed by atoms with van der Waals surface area (Å²) in [6.45, 7) is 4.77. The number of likely N-dealkylation sites (tertiary alicyclic amines) is 2. The topological polar surface area (TPSA) is 59.1 Å². The summed E-state index contributed by atoms with van der Waals surface area (Å²) >= 11 is 0. The molecule has 3 aliphatic heterocycles. The fourth-order valence-electron chi connectivity index (χ4n) is 4.05. The zero-order valence-electron chi connectivity index (χ0n) is 13.3. The summed E-state index contributed by atoms with van der Waals surface area (Å²) in [5.41, 5.74) is 0. The van der Waals surface area contributed by atoms with Gasteiger partial charge in [0.15, 0.2) is 0 Å². The van der Waals surface area contributed by atoms with Crippen molar-refractivity contribution in [2.45, 2.75) is 19.3 Å². The van der Waals surface area contributed by atoms with Gasteiger partial charge in [0.25, 0.3) is 0 Å². The fourth-order valence-corrected chi connectivity index (χ4v) is 4.05. The molecule has 22 heavy (non-hydrogen) atoms. The van der Waals surface area contributed by atoms with Gasteiger partial charge in [-0.25, -0.2) is 0 Å². The number of hydrogen-bond acceptors (Lipinski definition) is 4. The van der Waals surface area contributed by atoms with Gasteiger partial charge in [0.1, 0.15) is 6.61 Å². The lowest BCUT2D eigenvalue weighted by molar-refractivity contribution is -0.134. The quantitative estimate of drug-likeness (QED) is 0.752. The minimum absolute atomic E-state index is 0.0431. The van der Waals surface area contributed by atoms with Gasteiger partial charge in [-0.3, -0.25) is 9.59 Å². The molecule has 3 saturated heterocycles. The molecule has 6 heteroatoms. The van der Waals surface area contributed by atoms with E-state index in [2.05, 4.69) is 0 Å². The third-order valence-electron chi connectivity index (χ3n) is 5.28. The van der Waals surface area contributed by atoms with Crippen molar-refractivity contribution >= 4 is 11.8 Å². The second-order valence-corrected chi connectivity index (χ2v) is 6.75. The number of ether oxygens (including phenoxy) is 2. The van der Waals surface area contributed by atoms with E-state index in [1.165, 1.54) is 0 Å². The number of carbonyl (C=O) groups is 2. The molecule has 3 aliphatic rings. The van der Waals surface area contributed by atoms with Crippen molar-refractivity contribution in [3.63, 3.8) is 0 Å². The smallest absolute Gasteiger partial charge is 0.248 e. The van der Waals surface area contributed by atoms with Crippen LogP contribution in [-0.4, -0.2) is 74.7 Å². The SMILES string of the molecule is COCC(=O)N1C[C@@H]2COC[C@@H](CC(=O)N3CCCC3)[C@@H]2C1. The van der Waals surface area contributed by atoms with Gasteiger partial charge in [-0.2, -0.15) is 0 Å². The van der Waals surface area contributed by atoms with Crippen LogP contribution in [0.4, 0.5) is 0 Å². The Morgan fingerprint density at radius 3 is 2.59 bits per heavy atom. The first kappa shape index (κ1) is 15.7. The molecule has 0 spiro atoms. The Morgan fingerprint density at radius 2 is 1.86 bits per heavy atom. The summed E-state index contributed by atoms with van der Waals surface area (Å²) in [7, 11) is 1.54. The molecule has 2 amide bonds. The molecule has 0 aromatic heterocycles. The van der Waals surface area contributed by atoms with Gasteiger partial charge in [-0.1, -0.05) is 0 Å². The molecule has 0 aromatic carbocycles. The number of carbonyl (C=O) groups excluding carboxylic acids is 2. The molecule has 3 heterocycles. The molecular formula is C16H26N2O4. The highest BCUT2D eigenvalue weighted by Gasteiger charge is 2.43. The first-order chi connectivity index (χ1) is 10.7. The van der Waals surface area contributed by atoms with E-state index in [1.54, 1.807) is 7.11 Å². The van der Waals surface area contributed by atoms with Gasteiger partial charge in [-0.05, 0) is 24.7 Å². The first-order valence-corrected chi connectivity index (χ1v) is 8.31. The van der Waals surface area contributed by atoms with Crippen molar-refractivity contribution in [1.82, 2.24) is 9.80 Å². The summed E-state index contributed by atoms with van der Waals surface area (Å²) in [5.74, 6) is 1.30. The monoisotopic (exact) mass is 310 g/mol. The Bertz CT molecular complexity index is 422. The summed E-state index contributed by atoms with van der Waals surface area (Å²) in [6, 6.07) is 0. The van der Waals surface area contributed by atoms with Crippen LogP contribution in [0.25, 0.3) is 0 Å². The molecule has 0 bridgehead atoms. The van der Waals surface area contributed by atoms with E-state index in [0.29, 0.717) is 31.5 Å². The Morgan fingerprint density at radius 1 is 1.09 bits per heavy atom. The lowest BCUT2D eigenvalue weighted by Gasteiger charge is -2.33. The Labute approximate surface area is 131 Å². The normalized spacial score (nSPS) is 31.4. The number of hydrogen-bond donors (Lipinski definition) is 0. The van der Waals surface area contributed by atoms with Crippen LogP contribution >= 0.6 is 0 Å². The molecule has 3 rings (SSSR count). The van der Waals surface area contributed by atoms with Gasteiger partial charge >= 0.3 is 0 Å². The lowest BCUT2D eigenvalue weighted by atomic mass is 9.81. The van der Waals surface area contributed by atoms with Crippen molar-refractivity contribution in [2.24, 2.45) is 17.8 Å². The highest BCUT2D eigenvalue weighted by atomic mass is 16.5. The standard InChI is InChI=1S/C16H26N2O4/c1-21-11-16(20)18-7-13-10-22-9-12(14(13)8-18)6-15(19)17-4-2-3-5-17/h12-14H,2-11H2,1H3/t12-,13-,14+/m1/s1. The number of rotatable bonds is 4. The molecule has 6 nitrogen and oxygen atoms in total. The number of amides is 2. The summed E-state index contributed by atoms with van der Waals surface area (Å²) in [4.78, 5) is 28.3. The zero-order valence-corrected chi connectivity index (χ0v) is 13.3. The van der Waals surface area contributed by atoms with Gasteiger partial charge in [0.2, 0.25) is 11.8 Å². The minimum Gasteiger partial charge on any atom is -0.381 e. The predicted octanol–water partition coefficient (Wildman–Crippen LogP) is 0.366. The van der Waals surface area contributed by atoms with Crippen molar-refractivity contribution in [1.29, 1.82) is 0 Å². The van der Waals surface area contributed by atoms with E-state index in [1.807, 2.05) is 9.80 Å². The van der Waals surface area contributed by atoms with E-state index in [0.717, 1.165) is 39.0 Å². The van der Waals surface area contributed by atoms with E-state index in [9.17, 15) is 9.59 Å². The van der Waals surface area contributed by atoms with Crippen LogP contribution in [0.3, 0.4) is 0 Å². The van der Waals surface area contributed by atoms with Crippen LogP contribution in [-0.2, 0) is 19.1 Å². The van der Waals surface area contributed by atoms with Crippen molar-refractivity contribution in [3.8, 4) is 0 Å². The number of fused-ring (bicyclic) bond motifs is 1. The van der Waals surface area contributed by atoms with Crippen LogP contribution in [0, 0.1) is 17.8 Å². The van der Waals surface area contributed by atoms with E-state index < -0.39 is 0 Å². The van der Waals surface area contributed by atoms with Crippen LogP contribution in [0.15, 0.2) is 0 Å². The van der Waals surface area contributed by atoms with Gasteiger partial charge in [-0.15, -0.1) is 0 Å². The number of nitrogens with zero attached hydrogens (tertiary/aromatic N) is 2. The maximum atomic E-state index is 12.4. The maximum Gasteiger partial charge on any atom is 0.248 e.